The number of piperidine rings is 1. The standard InChI is InChI=1S/C17H20N2O2/c1-19-11-6-7-12(19)9-13(8-11)21-17(20)15-10-18-16-5-3-2-4-14(15)16/h2-5,10-13,18H,6-9H2,1H3/t11-,12?,13?/m1/s1/i2D,4D. The van der Waals surface area contributed by atoms with Crippen molar-refractivity contribution in [3.8, 4) is 0 Å². The van der Waals surface area contributed by atoms with Crippen molar-refractivity contribution in [2.75, 3.05) is 7.05 Å². The van der Waals surface area contributed by atoms with Crippen LogP contribution in [0.1, 0.15) is 38.8 Å². The van der Waals surface area contributed by atoms with Crippen LogP contribution in [0.3, 0.4) is 0 Å². The Balaban J connectivity index is 1.57. The molecule has 3 atom stereocenters. The van der Waals surface area contributed by atoms with Crippen LogP contribution in [0.4, 0.5) is 0 Å². The number of nitrogens with zero attached hydrogens (tertiary/aromatic N) is 1. The van der Waals surface area contributed by atoms with Crippen LogP contribution in [-0.4, -0.2) is 41.1 Å². The van der Waals surface area contributed by atoms with Gasteiger partial charge in [-0.3, -0.25) is 0 Å². The Morgan fingerprint density at radius 2 is 2.19 bits per heavy atom. The van der Waals surface area contributed by atoms with E-state index in [1.165, 1.54) is 12.8 Å². The molecule has 1 aromatic carbocycles. The number of carbonyl (C=O) groups excluding carboxylic acids is 1. The van der Waals surface area contributed by atoms with Crippen LogP contribution < -0.4 is 0 Å². The summed E-state index contributed by atoms with van der Waals surface area (Å²) in [5.41, 5.74) is 1.06. The van der Waals surface area contributed by atoms with Crippen molar-refractivity contribution >= 4 is 16.9 Å². The van der Waals surface area contributed by atoms with Crippen molar-refractivity contribution in [3.05, 3.63) is 36.0 Å². The number of benzene rings is 1. The van der Waals surface area contributed by atoms with E-state index in [-0.39, 0.29) is 24.2 Å². The number of H-pyrrole nitrogens is 1. The summed E-state index contributed by atoms with van der Waals surface area (Å²) in [7, 11) is 2.15. The van der Waals surface area contributed by atoms with Gasteiger partial charge in [-0.15, -0.1) is 0 Å². The number of fused-ring (bicyclic) bond motifs is 3. The summed E-state index contributed by atoms with van der Waals surface area (Å²) in [6.07, 6.45) is 5.68. The molecule has 0 spiro atoms. The molecule has 2 aliphatic rings. The molecule has 2 bridgehead atoms. The van der Waals surface area contributed by atoms with Crippen LogP contribution in [0.25, 0.3) is 10.9 Å². The first kappa shape index (κ1) is 10.9. The lowest BCUT2D eigenvalue weighted by Crippen LogP contribution is -2.43. The molecule has 3 heterocycles. The zero-order valence-corrected chi connectivity index (χ0v) is 12.1. The zero-order chi connectivity index (χ0) is 16.1. The van der Waals surface area contributed by atoms with Crippen LogP contribution in [-0.2, 0) is 4.74 Å². The number of rotatable bonds is 2. The largest absolute Gasteiger partial charge is 0.459 e. The van der Waals surface area contributed by atoms with Gasteiger partial charge in [0.05, 0.1) is 8.30 Å². The number of hydrogen-bond acceptors (Lipinski definition) is 3. The van der Waals surface area contributed by atoms with Crippen molar-refractivity contribution < 1.29 is 12.3 Å². The summed E-state index contributed by atoms with van der Waals surface area (Å²) < 4.78 is 21.5. The first-order chi connectivity index (χ1) is 11.0. The molecule has 2 fully saturated rings. The molecule has 1 aromatic heterocycles. The predicted molar refractivity (Wildman–Crippen MR) is 81.3 cm³/mol. The molecule has 4 rings (SSSR count). The summed E-state index contributed by atoms with van der Waals surface area (Å²) >= 11 is 0. The van der Waals surface area contributed by atoms with Gasteiger partial charge in [-0.25, -0.2) is 4.79 Å². The van der Waals surface area contributed by atoms with Gasteiger partial charge in [0.1, 0.15) is 6.10 Å². The lowest BCUT2D eigenvalue weighted by molar-refractivity contribution is -0.000258. The Morgan fingerprint density at radius 3 is 2.95 bits per heavy atom. The third-order valence-corrected chi connectivity index (χ3v) is 4.99. The Bertz CT molecular complexity index is 759. The van der Waals surface area contributed by atoms with E-state index in [4.69, 9.17) is 7.48 Å². The van der Waals surface area contributed by atoms with Gasteiger partial charge in [0.2, 0.25) is 0 Å². The molecule has 0 aliphatic carbocycles. The lowest BCUT2D eigenvalue weighted by atomic mass is 10.0. The average molecular weight is 286 g/mol. The molecule has 0 saturated carbocycles. The molecule has 2 aromatic rings. The van der Waals surface area contributed by atoms with E-state index in [0.29, 0.717) is 28.6 Å². The molecule has 2 unspecified atom stereocenters. The number of esters is 1. The van der Waals surface area contributed by atoms with E-state index in [9.17, 15) is 4.79 Å². The number of hydrogen-bond donors (Lipinski definition) is 1. The van der Waals surface area contributed by atoms with Gasteiger partial charge in [-0.1, -0.05) is 18.2 Å². The second-order valence-corrected chi connectivity index (χ2v) is 6.14. The molecule has 110 valence electrons. The first-order valence-electron chi connectivity index (χ1n) is 8.55. The highest BCUT2D eigenvalue weighted by Crippen LogP contribution is 2.35. The zero-order valence-electron chi connectivity index (χ0n) is 14.1. The minimum Gasteiger partial charge on any atom is -0.459 e. The van der Waals surface area contributed by atoms with Gasteiger partial charge < -0.3 is 14.6 Å². The SMILES string of the molecule is [2H]c1ccc2[nH]cc(C(=O)OC3CC4CC[C@H](C3)N4C)c2c1[2H]. The molecule has 0 radical (unpaired) electrons. The number of ether oxygens (including phenoxy) is 1. The van der Waals surface area contributed by atoms with Crippen LogP contribution >= 0.6 is 0 Å². The number of carbonyl (C=O) groups is 1. The fourth-order valence-electron chi connectivity index (χ4n) is 3.78. The van der Waals surface area contributed by atoms with E-state index >= 15 is 0 Å². The highest BCUT2D eigenvalue weighted by Gasteiger charge is 2.40. The van der Waals surface area contributed by atoms with E-state index in [2.05, 4.69) is 16.9 Å². The Hall–Kier alpha value is -1.81. The molecular weight excluding hydrogens is 264 g/mol. The van der Waals surface area contributed by atoms with Crippen LogP contribution in [0.2, 0.25) is 0 Å². The maximum Gasteiger partial charge on any atom is 0.340 e. The van der Waals surface area contributed by atoms with Gasteiger partial charge >= 0.3 is 5.97 Å². The topological polar surface area (TPSA) is 45.3 Å². The average Bonchev–Trinajstić information content (AvgIpc) is 3.02. The molecular formula is C17H20N2O2. The number of nitrogens with one attached hydrogen (secondary N) is 1. The molecule has 2 aliphatic heterocycles. The van der Waals surface area contributed by atoms with Gasteiger partial charge in [0.15, 0.2) is 0 Å². The quantitative estimate of drug-likeness (QED) is 0.863. The van der Waals surface area contributed by atoms with E-state index in [0.717, 1.165) is 12.8 Å². The smallest absolute Gasteiger partial charge is 0.340 e. The second kappa shape index (κ2) is 4.88. The van der Waals surface area contributed by atoms with Crippen LogP contribution in [0.5, 0.6) is 0 Å². The fourth-order valence-corrected chi connectivity index (χ4v) is 3.78. The van der Waals surface area contributed by atoms with Crippen molar-refractivity contribution in [1.29, 1.82) is 0 Å². The second-order valence-electron chi connectivity index (χ2n) is 6.14. The van der Waals surface area contributed by atoms with Crippen molar-refractivity contribution in [2.45, 2.75) is 43.9 Å². The highest BCUT2D eigenvalue weighted by molar-refractivity contribution is 6.04. The lowest BCUT2D eigenvalue weighted by Gasteiger charge is -2.35. The summed E-state index contributed by atoms with van der Waals surface area (Å²) in [6.45, 7) is 0. The minimum atomic E-state index is -0.385. The molecule has 1 N–H and O–H groups in total. The summed E-state index contributed by atoms with van der Waals surface area (Å²) in [4.78, 5) is 18.0. The third kappa shape index (κ3) is 2.14. The van der Waals surface area contributed by atoms with E-state index in [1.807, 2.05) is 0 Å². The number of aromatic amines is 1. The maximum absolute atomic E-state index is 12.6. The number of para-hydroxylation sites is 1. The predicted octanol–water partition coefficient (Wildman–Crippen LogP) is 2.95. The van der Waals surface area contributed by atoms with Crippen LogP contribution in [0.15, 0.2) is 30.4 Å². The third-order valence-electron chi connectivity index (χ3n) is 4.99. The van der Waals surface area contributed by atoms with Gasteiger partial charge in [0.25, 0.3) is 0 Å². The van der Waals surface area contributed by atoms with Crippen molar-refractivity contribution in [2.24, 2.45) is 0 Å². The van der Waals surface area contributed by atoms with E-state index in [1.54, 1.807) is 18.3 Å². The normalized spacial score (nSPS) is 30.2. The molecule has 0 amide bonds. The Morgan fingerprint density at radius 1 is 1.43 bits per heavy atom. The molecule has 2 saturated heterocycles. The fraction of sp³-hybridized carbons (Fsp3) is 0.471. The van der Waals surface area contributed by atoms with Crippen molar-refractivity contribution in [1.82, 2.24) is 9.88 Å². The van der Waals surface area contributed by atoms with Gasteiger partial charge in [-0.05, 0) is 26.0 Å². The van der Waals surface area contributed by atoms with Crippen LogP contribution in [0, 0.1) is 0 Å². The molecule has 21 heavy (non-hydrogen) atoms. The first-order valence-corrected chi connectivity index (χ1v) is 7.55. The summed E-state index contributed by atoms with van der Waals surface area (Å²) in [5, 5.41) is 0.485. The Kier molecular flexibility index (Phi) is 2.52. The minimum absolute atomic E-state index is 0.0467. The molecule has 4 heteroatoms. The number of aromatic nitrogens is 1. The monoisotopic (exact) mass is 286 g/mol. The highest BCUT2D eigenvalue weighted by atomic mass is 16.5. The summed E-state index contributed by atoms with van der Waals surface area (Å²) in [5.74, 6) is -0.385. The Labute approximate surface area is 126 Å². The van der Waals surface area contributed by atoms with Crippen molar-refractivity contribution in [3.63, 3.8) is 0 Å². The maximum atomic E-state index is 12.6. The van der Waals surface area contributed by atoms with Gasteiger partial charge in [-0.2, -0.15) is 0 Å². The van der Waals surface area contributed by atoms with E-state index < -0.39 is 0 Å². The molecule has 4 nitrogen and oxygen atoms in total. The summed E-state index contributed by atoms with van der Waals surface area (Å²) in [6, 6.07) is 4.50. The van der Waals surface area contributed by atoms with Gasteiger partial charge in [0, 0.05) is 42.0 Å².